The minimum atomic E-state index is 0.645. The zero-order valence-electron chi connectivity index (χ0n) is 12.4. The molecule has 114 valence electrons. The molecule has 3 aromatic heterocycles. The molecule has 0 aliphatic rings. The molecule has 0 spiro atoms. The van der Waals surface area contributed by atoms with Gasteiger partial charge in [-0.2, -0.15) is 5.10 Å². The molecule has 3 heterocycles. The smallest absolute Gasteiger partial charge is 0.147 e. The molecule has 6 heteroatoms. The van der Waals surface area contributed by atoms with Gasteiger partial charge in [0.15, 0.2) is 0 Å². The maximum absolute atomic E-state index is 4.60. The molecule has 0 atom stereocenters. The second-order valence-electron chi connectivity index (χ2n) is 5.20. The van der Waals surface area contributed by atoms with Crippen LogP contribution >= 0.6 is 11.3 Å². The predicted octanol–water partition coefficient (Wildman–Crippen LogP) is 3.55. The molecule has 0 bridgehead atoms. The Morgan fingerprint density at radius 1 is 1.04 bits per heavy atom. The van der Waals surface area contributed by atoms with Gasteiger partial charge in [0.25, 0.3) is 0 Å². The van der Waals surface area contributed by atoms with E-state index in [1.165, 1.54) is 5.56 Å². The molecule has 23 heavy (non-hydrogen) atoms. The lowest BCUT2D eigenvalue weighted by atomic mass is 10.2. The van der Waals surface area contributed by atoms with E-state index < -0.39 is 0 Å². The maximum atomic E-state index is 4.60. The number of benzene rings is 1. The van der Waals surface area contributed by atoms with E-state index in [4.69, 9.17) is 0 Å². The number of aromatic nitrogens is 4. The number of hydrogen-bond donors (Lipinski definition) is 1. The van der Waals surface area contributed by atoms with Crippen molar-refractivity contribution in [2.24, 2.45) is 0 Å². The van der Waals surface area contributed by atoms with Gasteiger partial charge in [-0.1, -0.05) is 30.3 Å². The van der Waals surface area contributed by atoms with E-state index in [-0.39, 0.29) is 0 Å². The Hall–Kier alpha value is -2.73. The third-order valence-corrected chi connectivity index (χ3v) is 4.47. The van der Waals surface area contributed by atoms with Crippen molar-refractivity contribution < 1.29 is 0 Å². The molecule has 0 saturated heterocycles. The first-order valence-electron chi connectivity index (χ1n) is 7.37. The van der Waals surface area contributed by atoms with Crippen molar-refractivity contribution in [2.75, 3.05) is 5.32 Å². The van der Waals surface area contributed by atoms with Crippen LogP contribution in [0.15, 0.2) is 60.4 Å². The fourth-order valence-corrected chi connectivity index (χ4v) is 3.26. The first-order chi connectivity index (χ1) is 11.4. The number of hydrogen-bond acceptors (Lipinski definition) is 5. The molecular weight excluding hydrogens is 306 g/mol. The lowest BCUT2D eigenvalue weighted by molar-refractivity contribution is 0.674. The highest BCUT2D eigenvalue weighted by atomic mass is 32.1. The number of anilines is 1. The van der Waals surface area contributed by atoms with Crippen molar-refractivity contribution in [2.45, 2.75) is 13.1 Å². The van der Waals surface area contributed by atoms with E-state index in [1.807, 2.05) is 46.6 Å². The average molecular weight is 321 g/mol. The minimum absolute atomic E-state index is 0.645. The molecule has 0 aliphatic heterocycles. The Bertz CT molecular complexity index is 913. The second kappa shape index (κ2) is 6.18. The summed E-state index contributed by atoms with van der Waals surface area (Å²) in [5.41, 5.74) is 3.21. The molecule has 0 unspecified atom stereocenters. The monoisotopic (exact) mass is 321 g/mol. The fraction of sp³-hybridized carbons (Fsp3) is 0.118. The molecule has 0 saturated carbocycles. The second-order valence-corrected chi connectivity index (χ2v) is 6.12. The van der Waals surface area contributed by atoms with Gasteiger partial charge >= 0.3 is 0 Å². The van der Waals surface area contributed by atoms with Crippen molar-refractivity contribution in [3.63, 3.8) is 0 Å². The molecule has 4 aromatic rings. The zero-order valence-corrected chi connectivity index (χ0v) is 13.2. The lowest BCUT2D eigenvalue weighted by Crippen LogP contribution is -2.05. The topological polar surface area (TPSA) is 55.6 Å². The lowest BCUT2D eigenvalue weighted by Gasteiger charge is -2.04. The highest BCUT2D eigenvalue weighted by Gasteiger charge is 2.06. The van der Waals surface area contributed by atoms with Crippen LogP contribution in [0.3, 0.4) is 0 Å². The Balaban J connectivity index is 1.45. The average Bonchev–Trinajstić information content (AvgIpc) is 3.23. The van der Waals surface area contributed by atoms with Crippen LogP contribution in [-0.2, 0) is 13.1 Å². The van der Waals surface area contributed by atoms with E-state index >= 15 is 0 Å². The molecule has 5 nitrogen and oxygen atoms in total. The van der Waals surface area contributed by atoms with Crippen LogP contribution in [0.1, 0.15) is 11.3 Å². The van der Waals surface area contributed by atoms with Crippen LogP contribution < -0.4 is 5.32 Å². The molecular formula is C17H15N5S. The van der Waals surface area contributed by atoms with Gasteiger partial charge in [0.1, 0.15) is 12.1 Å². The van der Waals surface area contributed by atoms with Crippen LogP contribution in [-0.4, -0.2) is 19.7 Å². The van der Waals surface area contributed by atoms with Crippen LogP contribution in [0.2, 0.25) is 0 Å². The van der Waals surface area contributed by atoms with Crippen molar-refractivity contribution >= 4 is 27.4 Å². The number of nitrogens with one attached hydrogen (secondary N) is 1. The summed E-state index contributed by atoms with van der Waals surface area (Å²) in [4.78, 5) is 8.57. The van der Waals surface area contributed by atoms with Gasteiger partial charge in [0, 0.05) is 6.20 Å². The van der Waals surface area contributed by atoms with Gasteiger partial charge < -0.3 is 5.32 Å². The largest absolute Gasteiger partial charge is 0.363 e. The van der Waals surface area contributed by atoms with Crippen molar-refractivity contribution in [1.29, 1.82) is 0 Å². The number of thiophene rings is 1. The molecule has 0 amide bonds. The predicted molar refractivity (Wildman–Crippen MR) is 92.5 cm³/mol. The Morgan fingerprint density at radius 3 is 2.87 bits per heavy atom. The summed E-state index contributed by atoms with van der Waals surface area (Å²) in [5, 5.41) is 9.98. The van der Waals surface area contributed by atoms with Gasteiger partial charge in [0.2, 0.25) is 0 Å². The van der Waals surface area contributed by atoms with Gasteiger partial charge in [-0.3, -0.25) is 4.68 Å². The number of fused-ring (bicyclic) bond motifs is 1. The Morgan fingerprint density at radius 2 is 1.96 bits per heavy atom. The van der Waals surface area contributed by atoms with Crippen LogP contribution in [0.4, 0.5) is 5.82 Å². The third kappa shape index (κ3) is 3.07. The highest BCUT2D eigenvalue weighted by Crippen LogP contribution is 2.24. The van der Waals surface area contributed by atoms with Gasteiger partial charge in [-0.15, -0.1) is 11.3 Å². The van der Waals surface area contributed by atoms with Crippen molar-refractivity contribution in [3.8, 4) is 0 Å². The van der Waals surface area contributed by atoms with Gasteiger partial charge in [-0.25, -0.2) is 9.97 Å². The van der Waals surface area contributed by atoms with E-state index in [2.05, 4.69) is 32.5 Å². The Labute approximate surface area is 137 Å². The molecule has 0 radical (unpaired) electrons. The van der Waals surface area contributed by atoms with Gasteiger partial charge in [-0.05, 0) is 23.1 Å². The first kappa shape index (κ1) is 13.9. The van der Waals surface area contributed by atoms with Crippen LogP contribution in [0.25, 0.3) is 10.2 Å². The highest BCUT2D eigenvalue weighted by molar-refractivity contribution is 7.17. The fourth-order valence-electron chi connectivity index (χ4n) is 2.45. The van der Waals surface area contributed by atoms with E-state index in [9.17, 15) is 0 Å². The summed E-state index contributed by atoms with van der Waals surface area (Å²) in [6, 6.07) is 14.4. The van der Waals surface area contributed by atoms with E-state index in [0.29, 0.717) is 6.54 Å². The standard InChI is InChI=1S/C17H15N5S/c1-2-4-13(5-3-1)11-22-8-6-14(21-22)10-18-17-16-15(7-9-23-16)19-12-20-17/h1-9,12H,10-11H2,(H,18,19,20). The van der Waals surface area contributed by atoms with Crippen molar-refractivity contribution in [1.82, 2.24) is 19.7 Å². The molecule has 0 aliphatic carbocycles. The molecule has 1 N–H and O–H groups in total. The molecule has 1 aromatic carbocycles. The normalized spacial score (nSPS) is 11.0. The van der Waals surface area contributed by atoms with E-state index in [0.717, 1.165) is 28.3 Å². The van der Waals surface area contributed by atoms with Gasteiger partial charge in [0.05, 0.1) is 29.0 Å². The van der Waals surface area contributed by atoms with Crippen molar-refractivity contribution in [3.05, 3.63) is 71.6 Å². The van der Waals surface area contributed by atoms with Crippen LogP contribution in [0.5, 0.6) is 0 Å². The molecule has 4 rings (SSSR count). The maximum Gasteiger partial charge on any atom is 0.147 e. The number of nitrogens with zero attached hydrogens (tertiary/aromatic N) is 4. The zero-order chi connectivity index (χ0) is 15.5. The summed E-state index contributed by atoms with van der Waals surface area (Å²) in [7, 11) is 0. The summed E-state index contributed by atoms with van der Waals surface area (Å²) in [6.45, 7) is 1.43. The molecule has 0 fully saturated rings. The first-order valence-corrected chi connectivity index (χ1v) is 8.25. The quantitative estimate of drug-likeness (QED) is 0.611. The summed E-state index contributed by atoms with van der Waals surface area (Å²) < 4.78 is 3.03. The SMILES string of the molecule is c1ccc(Cn2ccc(CNc3ncnc4ccsc34)n2)cc1. The summed E-state index contributed by atoms with van der Waals surface area (Å²) in [6.07, 6.45) is 3.59. The summed E-state index contributed by atoms with van der Waals surface area (Å²) >= 11 is 1.64. The third-order valence-electron chi connectivity index (χ3n) is 3.56. The van der Waals surface area contributed by atoms with E-state index in [1.54, 1.807) is 17.7 Å². The summed E-state index contributed by atoms with van der Waals surface area (Å²) in [5.74, 6) is 0.864. The van der Waals surface area contributed by atoms with Crippen LogP contribution in [0, 0.1) is 0 Å². The minimum Gasteiger partial charge on any atom is -0.363 e. The Kier molecular flexibility index (Phi) is 3.73. The number of rotatable bonds is 5.